The first kappa shape index (κ1) is 17.2. The molecule has 0 unspecified atom stereocenters. The summed E-state index contributed by atoms with van der Waals surface area (Å²) in [6.07, 6.45) is 1.48. The number of carbonyl (C=O) groups is 2. The van der Waals surface area contributed by atoms with Gasteiger partial charge in [0.25, 0.3) is 5.91 Å². The number of nitrogens with one attached hydrogen (secondary N) is 1. The number of rotatable bonds is 6. The molecule has 1 amide bonds. The van der Waals surface area contributed by atoms with Gasteiger partial charge in [0.15, 0.2) is 5.69 Å². The highest BCUT2D eigenvalue weighted by Crippen LogP contribution is 2.13. The Hall–Kier alpha value is -3.16. The summed E-state index contributed by atoms with van der Waals surface area (Å²) < 4.78 is 11.0. The van der Waals surface area contributed by atoms with Gasteiger partial charge in [0, 0.05) is 18.8 Å². The van der Waals surface area contributed by atoms with Gasteiger partial charge in [-0.15, -0.1) is 0 Å². The lowest BCUT2D eigenvalue weighted by Gasteiger charge is -2.08. The van der Waals surface area contributed by atoms with Gasteiger partial charge in [-0.3, -0.25) is 14.4 Å². The Morgan fingerprint density at radius 2 is 1.88 bits per heavy atom. The van der Waals surface area contributed by atoms with E-state index in [-0.39, 0.29) is 18.7 Å². The molecule has 0 saturated heterocycles. The van der Waals surface area contributed by atoms with Gasteiger partial charge < -0.3 is 14.8 Å². The van der Waals surface area contributed by atoms with Gasteiger partial charge in [0.1, 0.15) is 5.75 Å². The number of nitrogens with zero attached hydrogens (tertiary/aromatic N) is 2. The zero-order valence-corrected chi connectivity index (χ0v) is 13.3. The van der Waals surface area contributed by atoms with E-state index in [1.165, 1.54) is 24.1 Å². The van der Waals surface area contributed by atoms with Crippen molar-refractivity contribution in [2.24, 2.45) is 0 Å². The molecular formula is C16H17N3O5. The second-order valence-electron chi connectivity index (χ2n) is 4.75. The van der Waals surface area contributed by atoms with Gasteiger partial charge in [-0.05, 0) is 24.3 Å². The van der Waals surface area contributed by atoms with Gasteiger partial charge in [-0.2, -0.15) is 5.10 Å². The lowest BCUT2D eigenvalue weighted by molar-refractivity contribution is -0.140. The number of esters is 1. The molecule has 0 spiro atoms. The standard InChI is InChI=1S/C16H17N3O5/c1-23-12-5-3-11(4-6-12)19-10-8-13(20)15(18-19)16(22)17-9-7-14(21)24-2/h3-6,8,10H,7,9H2,1-2H3,(H,17,22). The molecule has 2 aromatic rings. The Bertz CT molecular complexity index is 783. The summed E-state index contributed by atoms with van der Waals surface area (Å²) in [7, 11) is 2.82. The van der Waals surface area contributed by atoms with Crippen LogP contribution in [0.15, 0.2) is 41.3 Å². The number of carbonyl (C=O) groups excluding carboxylic acids is 2. The molecule has 1 aromatic heterocycles. The van der Waals surface area contributed by atoms with Gasteiger partial charge >= 0.3 is 5.97 Å². The van der Waals surface area contributed by atoms with Crippen LogP contribution in [-0.2, 0) is 9.53 Å². The number of amides is 1. The van der Waals surface area contributed by atoms with Crippen LogP contribution in [0.25, 0.3) is 5.69 Å². The maximum Gasteiger partial charge on any atom is 0.307 e. The van der Waals surface area contributed by atoms with E-state index in [4.69, 9.17) is 4.74 Å². The third kappa shape index (κ3) is 4.19. The van der Waals surface area contributed by atoms with Gasteiger partial charge in [-0.1, -0.05) is 0 Å². The van der Waals surface area contributed by atoms with Crippen LogP contribution in [0.2, 0.25) is 0 Å². The van der Waals surface area contributed by atoms with Crippen LogP contribution >= 0.6 is 0 Å². The molecular weight excluding hydrogens is 314 g/mol. The van der Waals surface area contributed by atoms with E-state index in [1.54, 1.807) is 31.4 Å². The molecule has 0 fully saturated rings. The molecule has 0 saturated carbocycles. The summed E-state index contributed by atoms with van der Waals surface area (Å²) in [6.45, 7) is 0.0596. The maximum atomic E-state index is 12.1. The van der Waals surface area contributed by atoms with Crippen molar-refractivity contribution in [1.82, 2.24) is 15.1 Å². The van der Waals surface area contributed by atoms with E-state index in [1.807, 2.05) is 0 Å². The molecule has 2 rings (SSSR count). The lowest BCUT2D eigenvalue weighted by Crippen LogP contribution is -2.32. The van der Waals surface area contributed by atoms with Crippen molar-refractivity contribution < 1.29 is 19.1 Å². The van der Waals surface area contributed by atoms with Crippen LogP contribution in [0.1, 0.15) is 16.9 Å². The van der Waals surface area contributed by atoms with E-state index in [0.717, 1.165) is 0 Å². The van der Waals surface area contributed by atoms with E-state index >= 15 is 0 Å². The van der Waals surface area contributed by atoms with Crippen molar-refractivity contribution in [2.45, 2.75) is 6.42 Å². The fraction of sp³-hybridized carbons (Fsp3) is 0.250. The molecule has 0 aliphatic heterocycles. The molecule has 0 aliphatic carbocycles. The number of hydrogen-bond acceptors (Lipinski definition) is 6. The number of aromatic nitrogens is 2. The maximum absolute atomic E-state index is 12.1. The minimum Gasteiger partial charge on any atom is -0.497 e. The fourth-order valence-corrected chi connectivity index (χ4v) is 1.91. The van der Waals surface area contributed by atoms with Crippen LogP contribution in [0.3, 0.4) is 0 Å². The Labute approximate surface area is 138 Å². The average Bonchev–Trinajstić information content (AvgIpc) is 2.62. The second kappa shape index (κ2) is 7.91. The molecule has 126 valence electrons. The zero-order chi connectivity index (χ0) is 17.5. The molecule has 0 aliphatic rings. The quantitative estimate of drug-likeness (QED) is 0.775. The van der Waals surface area contributed by atoms with Crippen LogP contribution in [0.4, 0.5) is 0 Å². The van der Waals surface area contributed by atoms with Crippen molar-refractivity contribution in [2.75, 3.05) is 20.8 Å². The highest BCUT2D eigenvalue weighted by Gasteiger charge is 2.13. The van der Waals surface area contributed by atoms with E-state index in [2.05, 4.69) is 15.2 Å². The predicted octanol–water partition coefficient (Wildman–Crippen LogP) is 0.534. The Morgan fingerprint density at radius 1 is 1.17 bits per heavy atom. The second-order valence-corrected chi connectivity index (χ2v) is 4.75. The summed E-state index contributed by atoms with van der Waals surface area (Å²) in [4.78, 5) is 34.9. The first-order valence-electron chi connectivity index (χ1n) is 7.14. The smallest absolute Gasteiger partial charge is 0.307 e. The lowest BCUT2D eigenvalue weighted by atomic mass is 10.3. The van der Waals surface area contributed by atoms with Crippen LogP contribution in [0.5, 0.6) is 5.75 Å². The number of ether oxygens (including phenoxy) is 2. The van der Waals surface area contributed by atoms with E-state index in [0.29, 0.717) is 11.4 Å². The molecule has 1 N–H and O–H groups in total. The third-order valence-corrected chi connectivity index (χ3v) is 3.20. The highest BCUT2D eigenvalue weighted by atomic mass is 16.5. The molecule has 8 nitrogen and oxygen atoms in total. The Kier molecular flexibility index (Phi) is 5.67. The molecule has 1 aromatic carbocycles. The zero-order valence-electron chi connectivity index (χ0n) is 13.3. The van der Waals surface area contributed by atoms with E-state index < -0.39 is 17.3 Å². The van der Waals surface area contributed by atoms with Gasteiger partial charge in [-0.25, -0.2) is 4.68 Å². The Morgan fingerprint density at radius 3 is 2.50 bits per heavy atom. The monoisotopic (exact) mass is 331 g/mol. The first-order valence-corrected chi connectivity index (χ1v) is 7.14. The molecule has 0 radical (unpaired) electrons. The summed E-state index contributed by atoms with van der Waals surface area (Å²) in [5.74, 6) is -0.417. The molecule has 24 heavy (non-hydrogen) atoms. The van der Waals surface area contributed by atoms with Crippen molar-refractivity contribution in [1.29, 1.82) is 0 Å². The molecule has 0 bridgehead atoms. The van der Waals surface area contributed by atoms with Crippen LogP contribution in [-0.4, -0.2) is 42.4 Å². The fourth-order valence-electron chi connectivity index (χ4n) is 1.91. The number of methoxy groups -OCH3 is 2. The predicted molar refractivity (Wildman–Crippen MR) is 85.4 cm³/mol. The summed E-state index contributed by atoms with van der Waals surface area (Å²) >= 11 is 0. The van der Waals surface area contributed by atoms with Crippen molar-refractivity contribution in [3.8, 4) is 11.4 Å². The Balaban J connectivity index is 2.16. The summed E-state index contributed by atoms with van der Waals surface area (Å²) in [6, 6.07) is 8.23. The molecule has 8 heteroatoms. The van der Waals surface area contributed by atoms with E-state index in [9.17, 15) is 14.4 Å². The SMILES string of the molecule is COC(=O)CCNC(=O)c1nn(-c2ccc(OC)cc2)ccc1=O. The number of hydrogen-bond donors (Lipinski definition) is 1. The van der Waals surface area contributed by atoms with Crippen LogP contribution in [0, 0.1) is 0 Å². The first-order chi connectivity index (χ1) is 11.5. The molecule has 0 atom stereocenters. The van der Waals surface area contributed by atoms with Crippen molar-refractivity contribution in [3.63, 3.8) is 0 Å². The largest absolute Gasteiger partial charge is 0.497 e. The average molecular weight is 331 g/mol. The topological polar surface area (TPSA) is 99.5 Å². The van der Waals surface area contributed by atoms with Crippen LogP contribution < -0.4 is 15.5 Å². The normalized spacial score (nSPS) is 10.1. The highest BCUT2D eigenvalue weighted by molar-refractivity contribution is 5.92. The minimum absolute atomic E-state index is 0.0156. The van der Waals surface area contributed by atoms with Gasteiger partial charge in [0.2, 0.25) is 5.43 Å². The van der Waals surface area contributed by atoms with Crippen molar-refractivity contribution in [3.05, 3.63) is 52.4 Å². The summed E-state index contributed by atoms with van der Waals surface area (Å²) in [5.41, 5.74) is -0.0899. The van der Waals surface area contributed by atoms with Gasteiger partial charge in [0.05, 0.1) is 26.3 Å². The summed E-state index contributed by atoms with van der Waals surface area (Å²) in [5, 5.41) is 6.52. The van der Waals surface area contributed by atoms with Crippen molar-refractivity contribution >= 4 is 11.9 Å². The minimum atomic E-state index is -0.647. The molecule has 1 heterocycles. The number of benzene rings is 1. The third-order valence-electron chi connectivity index (χ3n) is 3.20.